The van der Waals surface area contributed by atoms with Gasteiger partial charge in [-0.05, 0) is 25.7 Å². The molecule has 0 bridgehead atoms. The van der Waals surface area contributed by atoms with Crippen LogP contribution in [0.5, 0.6) is 0 Å². The minimum atomic E-state index is -0.298. The van der Waals surface area contributed by atoms with E-state index in [9.17, 15) is 9.59 Å². The quantitative estimate of drug-likeness (QED) is 0.480. The SMILES string of the molecule is O=C(CSc1nc2nc[nH]c2c(=O)[nH]1)Nc1nc2c(s1)CCCC2. The lowest BCUT2D eigenvalue weighted by Gasteiger charge is -2.06. The van der Waals surface area contributed by atoms with E-state index in [0.717, 1.165) is 36.7 Å². The van der Waals surface area contributed by atoms with Crippen molar-refractivity contribution in [3.8, 4) is 0 Å². The zero-order valence-electron chi connectivity index (χ0n) is 12.6. The van der Waals surface area contributed by atoms with E-state index in [1.54, 1.807) is 11.3 Å². The van der Waals surface area contributed by atoms with Gasteiger partial charge in [0.05, 0.1) is 17.8 Å². The second-order valence-corrected chi connectivity index (χ2v) is 7.45. The van der Waals surface area contributed by atoms with Crippen LogP contribution in [0.1, 0.15) is 23.4 Å². The van der Waals surface area contributed by atoms with E-state index in [1.165, 1.54) is 17.6 Å². The van der Waals surface area contributed by atoms with Crippen LogP contribution in [-0.4, -0.2) is 36.6 Å². The van der Waals surface area contributed by atoms with Crippen molar-refractivity contribution < 1.29 is 4.79 Å². The Balaban J connectivity index is 1.40. The molecule has 3 aromatic heterocycles. The molecule has 0 unspecified atom stereocenters. The van der Waals surface area contributed by atoms with Crippen molar-refractivity contribution in [2.45, 2.75) is 30.8 Å². The molecule has 0 radical (unpaired) electrons. The number of aryl methyl sites for hydroxylation is 2. The van der Waals surface area contributed by atoms with Gasteiger partial charge >= 0.3 is 0 Å². The third-order valence-electron chi connectivity index (χ3n) is 3.71. The molecule has 10 heteroatoms. The first kappa shape index (κ1) is 15.3. The van der Waals surface area contributed by atoms with Gasteiger partial charge in [0.15, 0.2) is 21.5 Å². The maximum atomic E-state index is 12.1. The molecular formula is C14H14N6O2S2. The van der Waals surface area contributed by atoms with E-state index in [4.69, 9.17) is 0 Å². The topological polar surface area (TPSA) is 116 Å². The van der Waals surface area contributed by atoms with Crippen molar-refractivity contribution in [2.24, 2.45) is 0 Å². The standard InChI is InChI=1S/C14H14N6O2S2/c21-9(18-14-17-7-3-1-2-4-8(7)24-14)5-23-13-19-11-10(12(22)20-13)15-6-16-11/h6H,1-5H2,(H,17,18,21)(H2,15,16,19,20,22). The van der Waals surface area contributed by atoms with Gasteiger partial charge in [-0.15, -0.1) is 11.3 Å². The second-order valence-electron chi connectivity index (χ2n) is 5.41. The smallest absolute Gasteiger partial charge is 0.277 e. The third kappa shape index (κ3) is 3.06. The second kappa shape index (κ2) is 6.36. The zero-order valence-corrected chi connectivity index (χ0v) is 14.2. The first-order valence-corrected chi connectivity index (χ1v) is 9.34. The lowest BCUT2D eigenvalue weighted by Crippen LogP contribution is -2.15. The fourth-order valence-electron chi connectivity index (χ4n) is 2.59. The fraction of sp³-hybridized carbons (Fsp3) is 0.357. The molecule has 0 fully saturated rings. The molecule has 1 amide bonds. The molecule has 8 nitrogen and oxygen atoms in total. The highest BCUT2D eigenvalue weighted by atomic mass is 32.2. The lowest BCUT2D eigenvalue weighted by atomic mass is 10.0. The number of nitrogens with zero attached hydrogens (tertiary/aromatic N) is 3. The first-order valence-electron chi connectivity index (χ1n) is 7.53. The van der Waals surface area contributed by atoms with Gasteiger partial charge in [0, 0.05) is 4.88 Å². The number of carbonyl (C=O) groups is 1. The maximum Gasteiger partial charge on any atom is 0.277 e. The van der Waals surface area contributed by atoms with Crippen LogP contribution in [0, 0.1) is 0 Å². The number of imidazole rings is 1. The molecular weight excluding hydrogens is 348 g/mol. The van der Waals surface area contributed by atoms with E-state index in [0.29, 0.717) is 21.5 Å². The van der Waals surface area contributed by atoms with E-state index < -0.39 is 0 Å². The summed E-state index contributed by atoms with van der Waals surface area (Å²) in [5.41, 5.74) is 1.49. The van der Waals surface area contributed by atoms with E-state index in [2.05, 4.69) is 30.2 Å². The molecule has 24 heavy (non-hydrogen) atoms. The molecule has 0 aromatic carbocycles. The lowest BCUT2D eigenvalue weighted by molar-refractivity contribution is -0.113. The average molecular weight is 362 g/mol. The Morgan fingerprint density at radius 1 is 1.33 bits per heavy atom. The number of nitrogens with one attached hydrogen (secondary N) is 3. The predicted molar refractivity (Wildman–Crippen MR) is 92.6 cm³/mol. The molecule has 0 spiro atoms. The summed E-state index contributed by atoms with van der Waals surface area (Å²) >= 11 is 2.71. The van der Waals surface area contributed by atoms with Crippen molar-refractivity contribution in [1.82, 2.24) is 24.9 Å². The number of amides is 1. The number of hydrogen-bond donors (Lipinski definition) is 3. The van der Waals surface area contributed by atoms with Crippen molar-refractivity contribution in [1.29, 1.82) is 0 Å². The first-order chi connectivity index (χ1) is 11.7. The number of carbonyl (C=O) groups excluding carboxylic acids is 1. The number of hydrogen-bond acceptors (Lipinski definition) is 7. The molecule has 3 N–H and O–H groups in total. The van der Waals surface area contributed by atoms with E-state index in [-0.39, 0.29) is 17.2 Å². The van der Waals surface area contributed by atoms with Gasteiger partial charge in [0.25, 0.3) is 5.56 Å². The summed E-state index contributed by atoms with van der Waals surface area (Å²) in [6, 6.07) is 0. The van der Waals surface area contributed by atoms with Crippen molar-refractivity contribution >= 4 is 45.3 Å². The monoisotopic (exact) mass is 362 g/mol. The van der Waals surface area contributed by atoms with Gasteiger partial charge in [0.1, 0.15) is 0 Å². The van der Waals surface area contributed by atoms with Crippen molar-refractivity contribution in [2.75, 3.05) is 11.1 Å². The van der Waals surface area contributed by atoms with E-state index in [1.807, 2.05) is 0 Å². The largest absolute Gasteiger partial charge is 0.339 e. The number of thioether (sulfide) groups is 1. The molecule has 0 saturated heterocycles. The number of thiazole rings is 1. The minimum absolute atomic E-state index is 0.142. The molecule has 3 aromatic rings. The van der Waals surface area contributed by atoms with Gasteiger partial charge in [-0.25, -0.2) is 15.0 Å². The van der Waals surface area contributed by atoms with Crippen LogP contribution in [0.2, 0.25) is 0 Å². The molecule has 0 atom stereocenters. The molecule has 124 valence electrons. The van der Waals surface area contributed by atoms with Gasteiger partial charge < -0.3 is 10.3 Å². The Morgan fingerprint density at radius 2 is 2.21 bits per heavy atom. The van der Waals surface area contributed by atoms with Gasteiger partial charge in [-0.2, -0.15) is 0 Å². The zero-order chi connectivity index (χ0) is 16.5. The minimum Gasteiger partial charge on any atom is -0.339 e. The normalized spacial score (nSPS) is 13.8. The highest BCUT2D eigenvalue weighted by molar-refractivity contribution is 7.99. The Labute approximate surface area is 144 Å². The van der Waals surface area contributed by atoms with Crippen LogP contribution in [-0.2, 0) is 17.6 Å². The van der Waals surface area contributed by atoms with Crippen LogP contribution in [0.4, 0.5) is 5.13 Å². The van der Waals surface area contributed by atoms with Crippen molar-refractivity contribution in [3.63, 3.8) is 0 Å². The van der Waals surface area contributed by atoms with Crippen LogP contribution >= 0.6 is 23.1 Å². The summed E-state index contributed by atoms with van der Waals surface area (Å²) < 4.78 is 0. The summed E-state index contributed by atoms with van der Waals surface area (Å²) in [7, 11) is 0. The highest BCUT2D eigenvalue weighted by Gasteiger charge is 2.16. The molecule has 3 heterocycles. The molecule has 0 saturated carbocycles. The third-order valence-corrected chi connectivity index (χ3v) is 5.65. The molecule has 4 rings (SSSR count). The number of aromatic amines is 2. The fourth-order valence-corrected chi connectivity index (χ4v) is 4.31. The maximum absolute atomic E-state index is 12.1. The summed E-state index contributed by atoms with van der Waals surface area (Å²) in [4.78, 5) is 43.2. The summed E-state index contributed by atoms with van der Waals surface area (Å²) in [5, 5.41) is 3.84. The Hall–Kier alpha value is -2.20. The van der Waals surface area contributed by atoms with Crippen molar-refractivity contribution in [3.05, 3.63) is 27.3 Å². The summed E-state index contributed by atoms with van der Waals surface area (Å²) in [6.07, 6.45) is 5.80. The Bertz CT molecular complexity index is 936. The average Bonchev–Trinajstić information content (AvgIpc) is 3.18. The molecule has 1 aliphatic carbocycles. The van der Waals surface area contributed by atoms with Gasteiger partial charge in [-0.3, -0.25) is 14.6 Å². The number of aromatic nitrogens is 5. The number of anilines is 1. The summed E-state index contributed by atoms with van der Waals surface area (Å²) in [6.45, 7) is 0. The molecule has 0 aliphatic heterocycles. The summed E-state index contributed by atoms with van der Waals surface area (Å²) in [5.74, 6) is -0.0285. The van der Waals surface area contributed by atoms with Crippen LogP contribution in [0.3, 0.4) is 0 Å². The van der Waals surface area contributed by atoms with Gasteiger partial charge in [0.2, 0.25) is 5.91 Å². The number of H-pyrrole nitrogens is 2. The van der Waals surface area contributed by atoms with Crippen LogP contribution in [0.25, 0.3) is 11.2 Å². The van der Waals surface area contributed by atoms with Crippen LogP contribution < -0.4 is 10.9 Å². The Morgan fingerprint density at radius 3 is 3.08 bits per heavy atom. The Kier molecular flexibility index (Phi) is 4.07. The highest BCUT2D eigenvalue weighted by Crippen LogP contribution is 2.29. The predicted octanol–water partition coefficient (Wildman–Crippen LogP) is 1.71. The van der Waals surface area contributed by atoms with Crippen LogP contribution in [0.15, 0.2) is 16.3 Å². The number of rotatable bonds is 4. The van der Waals surface area contributed by atoms with E-state index >= 15 is 0 Å². The number of fused-ring (bicyclic) bond motifs is 2. The molecule has 1 aliphatic rings. The van der Waals surface area contributed by atoms with Gasteiger partial charge in [-0.1, -0.05) is 11.8 Å².